The van der Waals surface area contributed by atoms with E-state index in [0.717, 1.165) is 13.0 Å². The number of hydrogen-bond acceptors (Lipinski definition) is 2. The van der Waals surface area contributed by atoms with Gasteiger partial charge in [0.25, 0.3) is 0 Å². The Bertz CT molecular complexity index is 293. The van der Waals surface area contributed by atoms with Gasteiger partial charge in [-0.25, -0.2) is 0 Å². The summed E-state index contributed by atoms with van der Waals surface area (Å²) in [5.41, 5.74) is -0.270. The van der Waals surface area contributed by atoms with E-state index in [9.17, 15) is 0 Å². The summed E-state index contributed by atoms with van der Waals surface area (Å²) in [4.78, 5) is 0. The van der Waals surface area contributed by atoms with E-state index in [1.165, 1.54) is 0 Å². The van der Waals surface area contributed by atoms with Crippen molar-refractivity contribution in [2.75, 3.05) is 6.61 Å². The lowest BCUT2D eigenvalue weighted by Gasteiger charge is -2.45. The minimum atomic E-state index is -0.156. The fourth-order valence-corrected chi connectivity index (χ4v) is 2.31. The second-order valence-corrected chi connectivity index (χ2v) is 8.96. The fraction of sp³-hybridized carbons (Fsp3) is 1.00. The van der Waals surface area contributed by atoms with Crippen LogP contribution in [0.25, 0.3) is 0 Å². The Morgan fingerprint density at radius 2 is 1.25 bits per heavy atom. The van der Waals surface area contributed by atoms with Crippen molar-refractivity contribution in [3.63, 3.8) is 0 Å². The molecule has 0 atom stereocenters. The van der Waals surface area contributed by atoms with Crippen LogP contribution >= 0.6 is 0 Å². The normalized spacial score (nSPS) is 15.0. The first kappa shape index (κ1) is 19.9. The Balaban J connectivity index is 4.50. The summed E-state index contributed by atoms with van der Waals surface area (Å²) in [5.74, 6) is 0.580. The van der Waals surface area contributed by atoms with E-state index in [1.807, 2.05) is 0 Å². The molecule has 0 aromatic carbocycles. The van der Waals surface area contributed by atoms with Gasteiger partial charge in [0.2, 0.25) is 0 Å². The molecule has 0 bridgehead atoms. The van der Waals surface area contributed by atoms with Crippen LogP contribution < -0.4 is 0 Å². The van der Waals surface area contributed by atoms with Crippen LogP contribution in [0.4, 0.5) is 0 Å². The van der Waals surface area contributed by atoms with Crippen LogP contribution in [-0.2, 0) is 9.47 Å². The molecule has 0 rings (SSSR count). The smallest absolute Gasteiger partial charge is 0.0679 e. The zero-order valence-electron chi connectivity index (χ0n) is 15.8. The van der Waals surface area contributed by atoms with Crippen molar-refractivity contribution >= 4 is 0 Å². The van der Waals surface area contributed by atoms with Crippen molar-refractivity contribution < 1.29 is 9.47 Å². The molecular formula is C18H38O2. The van der Waals surface area contributed by atoms with E-state index in [-0.39, 0.29) is 22.2 Å². The Labute approximate surface area is 127 Å². The van der Waals surface area contributed by atoms with Crippen molar-refractivity contribution in [1.82, 2.24) is 0 Å². The molecule has 2 nitrogen and oxygen atoms in total. The Morgan fingerprint density at radius 3 is 1.60 bits per heavy atom. The van der Waals surface area contributed by atoms with Crippen LogP contribution in [0, 0.1) is 11.3 Å². The maximum absolute atomic E-state index is 6.23. The molecular weight excluding hydrogens is 248 g/mol. The molecule has 122 valence electrons. The average molecular weight is 286 g/mol. The Kier molecular flexibility index (Phi) is 6.33. The number of hydrogen-bond donors (Lipinski definition) is 0. The van der Waals surface area contributed by atoms with Gasteiger partial charge in [0.05, 0.1) is 23.4 Å². The summed E-state index contributed by atoms with van der Waals surface area (Å²) in [5, 5.41) is 0. The molecule has 0 amide bonds. The van der Waals surface area contributed by atoms with Gasteiger partial charge >= 0.3 is 0 Å². The third-order valence-corrected chi connectivity index (χ3v) is 4.74. The first-order chi connectivity index (χ1) is 8.61. The topological polar surface area (TPSA) is 18.5 Å². The van der Waals surface area contributed by atoms with Crippen molar-refractivity contribution in [2.24, 2.45) is 11.3 Å². The molecule has 2 heteroatoms. The summed E-state index contributed by atoms with van der Waals surface area (Å²) in [6.07, 6.45) is 0.905. The van der Waals surface area contributed by atoms with Crippen LogP contribution in [-0.4, -0.2) is 23.4 Å². The molecule has 0 spiro atoms. The molecule has 20 heavy (non-hydrogen) atoms. The van der Waals surface area contributed by atoms with E-state index in [1.54, 1.807) is 0 Å². The lowest BCUT2D eigenvalue weighted by Crippen LogP contribution is -2.46. The first-order valence-electron chi connectivity index (χ1n) is 7.95. The summed E-state index contributed by atoms with van der Waals surface area (Å²) in [6.45, 7) is 24.8. The molecule has 0 saturated heterocycles. The maximum Gasteiger partial charge on any atom is 0.0679 e. The third kappa shape index (κ3) is 6.13. The zero-order valence-corrected chi connectivity index (χ0v) is 15.8. The molecule has 0 fully saturated rings. The van der Waals surface area contributed by atoms with E-state index < -0.39 is 0 Å². The third-order valence-electron chi connectivity index (χ3n) is 4.74. The summed E-state index contributed by atoms with van der Waals surface area (Å²) in [7, 11) is 0. The fourth-order valence-electron chi connectivity index (χ4n) is 2.31. The largest absolute Gasteiger partial charge is 0.375 e. The minimum absolute atomic E-state index is 0.115. The second kappa shape index (κ2) is 6.36. The van der Waals surface area contributed by atoms with Crippen molar-refractivity contribution in [1.29, 1.82) is 0 Å². The van der Waals surface area contributed by atoms with Gasteiger partial charge in [-0.15, -0.1) is 0 Å². The average Bonchev–Trinajstić information content (AvgIpc) is 2.11. The van der Waals surface area contributed by atoms with Crippen molar-refractivity contribution in [3.05, 3.63) is 0 Å². The molecule has 0 heterocycles. The van der Waals surface area contributed by atoms with Gasteiger partial charge in [-0.05, 0) is 66.2 Å². The minimum Gasteiger partial charge on any atom is -0.375 e. The molecule has 0 aliphatic rings. The lowest BCUT2D eigenvalue weighted by molar-refractivity contribution is -0.152. The predicted molar refractivity (Wildman–Crippen MR) is 88.2 cm³/mol. The molecule has 0 aromatic heterocycles. The van der Waals surface area contributed by atoms with E-state index in [0.29, 0.717) is 5.92 Å². The SMILES string of the molecule is CC(C)C(C)(C)C(C)(C)OCCC(C)(C)OC(C)(C)C. The molecule has 0 aromatic rings. The molecule has 0 aliphatic heterocycles. The van der Waals surface area contributed by atoms with E-state index in [4.69, 9.17) is 9.47 Å². The van der Waals surface area contributed by atoms with Crippen LogP contribution in [0.5, 0.6) is 0 Å². The van der Waals surface area contributed by atoms with Crippen LogP contribution in [0.3, 0.4) is 0 Å². The summed E-state index contributed by atoms with van der Waals surface area (Å²) in [6, 6.07) is 0. The molecule has 0 N–H and O–H groups in total. The Morgan fingerprint density at radius 1 is 0.800 bits per heavy atom. The highest BCUT2D eigenvalue weighted by molar-refractivity contribution is 4.90. The maximum atomic E-state index is 6.23. The predicted octanol–water partition coefficient (Wildman–Crippen LogP) is 5.45. The van der Waals surface area contributed by atoms with Crippen LogP contribution in [0.2, 0.25) is 0 Å². The van der Waals surface area contributed by atoms with E-state index >= 15 is 0 Å². The quantitative estimate of drug-likeness (QED) is 0.619. The van der Waals surface area contributed by atoms with Crippen LogP contribution in [0.15, 0.2) is 0 Å². The van der Waals surface area contributed by atoms with Gasteiger partial charge in [-0.3, -0.25) is 0 Å². The first-order valence-corrected chi connectivity index (χ1v) is 7.95. The number of ether oxygens (including phenoxy) is 2. The molecule has 0 saturated carbocycles. The van der Waals surface area contributed by atoms with Gasteiger partial charge < -0.3 is 9.47 Å². The van der Waals surface area contributed by atoms with Crippen LogP contribution in [0.1, 0.15) is 82.6 Å². The van der Waals surface area contributed by atoms with E-state index in [2.05, 4.69) is 76.2 Å². The van der Waals surface area contributed by atoms with Gasteiger partial charge in [-0.1, -0.05) is 27.7 Å². The molecule has 0 unspecified atom stereocenters. The highest BCUT2D eigenvalue weighted by Crippen LogP contribution is 2.40. The van der Waals surface area contributed by atoms with Gasteiger partial charge in [-0.2, -0.15) is 0 Å². The lowest BCUT2D eigenvalue weighted by atomic mass is 9.69. The highest BCUT2D eigenvalue weighted by atomic mass is 16.5. The standard InChI is InChI=1S/C18H38O2/c1-14(2)17(8,9)18(10,11)19-13-12-16(6,7)20-15(3,4)5/h14H,12-13H2,1-11H3. The zero-order chi connectivity index (χ0) is 16.4. The summed E-state index contributed by atoms with van der Waals surface area (Å²) >= 11 is 0. The Hall–Kier alpha value is -0.0800. The summed E-state index contributed by atoms with van der Waals surface area (Å²) < 4.78 is 12.3. The van der Waals surface area contributed by atoms with Gasteiger partial charge in [0.1, 0.15) is 0 Å². The van der Waals surface area contributed by atoms with Gasteiger partial charge in [0.15, 0.2) is 0 Å². The second-order valence-electron chi connectivity index (χ2n) is 8.96. The van der Waals surface area contributed by atoms with Crippen molar-refractivity contribution in [2.45, 2.75) is 99.4 Å². The van der Waals surface area contributed by atoms with Gasteiger partial charge in [0, 0.05) is 0 Å². The highest BCUT2D eigenvalue weighted by Gasteiger charge is 2.40. The number of rotatable bonds is 7. The molecule has 0 radical (unpaired) electrons. The van der Waals surface area contributed by atoms with Crippen molar-refractivity contribution in [3.8, 4) is 0 Å². The molecule has 0 aliphatic carbocycles. The monoisotopic (exact) mass is 286 g/mol.